The van der Waals surface area contributed by atoms with Gasteiger partial charge in [-0.1, -0.05) is 0 Å². The Balaban J connectivity index is 1.90. The monoisotopic (exact) mass is 267 g/mol. The Bertz CT molecular complexity index is 440. The number of carboxylic acids is 1. The number of carboxylic acid groups (broad SMARTS) is 1. The van der Waals surface area contributed by atoms with Gasteiger partial charge in [0.25, 0.3) is 0 Å². The van der Waals surface area contributed by atoms with Crippen molar-refractivity contribution in [2.45, 2.75) is 12.6 Å². The number of carbonyl (C=O) groups excluding carboxylic acids is 1. The number of hydrogen-bond acceptors (Lipinski definition) is 4. The summed E-state index contributed by atoms with van der Waals surface area (Å²) in [5.41, 5.74) is 0.928. The first-order valence-electron chi connectivity index (χ1n) is 5.42. The van der Waals surface area contributed by atoms with Gasteiger partial charge < -0.3 is 15.3 Å². The van der Waals surface area contributed by atoms with E-state index in [0.717, 1.165) is 5.56 Å². The largest absolute Gasteiger partial charge is 0.480 e. The smallest absolute Gasteiger partial charge is 0.327 e. The molecule has 2 rings (SSSR count). The molecule has 0 radical (unpaired) electrons. The second-order valence-electron chi connectivity index (χ2n) is 3.84. The fourth-order valence-corrected chi connectivity index (χ4v) is 2.77. The van der Waals surface area contributed by atoms with E-state index in [4.69, 9.17) is 5.11 Å². The van der Waals surface area contributed by atoms with Crippen molar-refractivity contribution in [2.24, 2.45) is 0 Å². The number of aliphatic carboxylic acids is 1. The minimum absolute atomic E-state index is 0.343. The number of nitrogens with one attached hydrogen (secondary N) is 1. The molecule has 1 aromatic rings. The molecule has 0 saturated carbocycles. The Morgan fingerprint density at radius 2 is 2.22 bits per heavy atom. The van der Waals surface area contributed by atoms with Crippen molar-refractivity contribution >= 4 is 23.8 Å². The van der Waals surface area contributed by atoms with Crippen LogP contribution in [0.25, 0.3) is 0 Å². The summed E-state index contributed by atoms with van der Waals surface area (Å²) in [5.74, 6) is -0.101. The van der Waals surface area contributed by atoms with Crippen molar-refractivity contribution in [3.05, 3.63) is 30.1 Å². The molecule has 1 saturated heterocycles. The Morgan fingerprint density at radius 3 is 2.89 bits per heavy atom. The third kappa shape index (κ3) is 2.92. The molecule has 1 unspecified atom stereocenters. The van der Waals surface area contributed by atoms with E-state index in [-0.39, 0.29) is 6.03 Å². The van der Waals surface area contributed by atoms with E-state index in [1.807, 2.05) is 0 Å². The lowest BCUT2D eigenvalue weighted by Crippen LogP contribution is -2.46. The number of amides is 2. The number of aromatic nitrogens is 1. The Kier molecular flexibility index (Phi) is 4.03. The van der Waals surface area contributed by atoms with Gasteiger partial charge in [0.15, 0.2) is 0 Å². The quantitative estimate of drug-likeness (QED) is 0.844. The standard InChI is InChI=1S/C11H13N3O3S/c15-10(16)9-6-18-7-14(9)11(17)13-5-8-1-3-12-4-2-8/h1-4,9H,5-7H2,(H,13,17)(H,15,16). The summed E-state index contributed by atoms with van der Waals surface area (Å²) in [6.07, 6.45) is 3.29. The third-order valence-electron chi connectivity index (χ3n) is 2.62. The van der Waals surface area contributed by atoms with E-state index < -0.39 is 12.0 Å². The molecular formula is C11H13N3O3S. The number of pyridine rings is 1. The highest BCUT2D eigenvalue weighted by Crippen LogP contribution is 2.20. The molecule has 2 amide bonds. The van der Waals surface area contributed by atoms with Gasteiger partial charge in [-0.25, -0.2) is 9.59 Å². The van der Waals surface area contributed by atoms with E-state index in [9.17, 15) is 9.59 Å². The third-order valence-corrected chi connectivity index (χ3v) is 3.63. The SMILES string of the molecule is O=C(O)C1CSCN1C(=O)NCc1ccncc1. The van der Waals surface area contributed by atoms with Crippen molar-refractivity contribution in [1.82, 2.24) is 15.2 Å². The van der Waals surface area contributed by atoms with Gasteiger partial charge in [-0.15, -0.1) is 11.8 Å². The van der Waals surface area contributed by atoms with Crippen molar-refractivity contribution < 1.29 is 14.7 Å². The van der Waals surface area contributed by atoms with Crippen LogP contribution in [0.2, 0.25) is 0 Å². The summed E-state index contributed by atoms with van der Waals surface area (Å²) < 4.78 is 0. The second-order valence-corrected chi connectivity index (χ2v) is 4.84. The number of urea groups is 1. The molecule has 6 nitrogen and oxygen atoms in total. The fourth-order valence-electron chi connectivity index (χ4n) is 1.63. The normalized spacial score (nSPS) is 18.7. The van der Waals surface area contributed by atoms with Gasteiger partial charge in [0.1, 0.15) is 6.04 Å². The van der Waals surface area contributed by atoms with Crippen LogP contribution in [0.15, 0.2) is 24.5 Å². The Labute approximate surface area is 108 Å². The number of rotatable bonds is 3. The summed E-state index contributed by atoms with van der Waals surface area (Å²) in [6, 6.07) is 2.53. The Hall–Kier alpha value is -1.76. The van der Waals surface area contributed by atoms with Crippen molar-refractivity contribution in [3.8, 4) is 0 Å². The number of carbonyl (C=O) groups is 2. The van der Waals surface area contributed by atoms with E-state index in [0.29, 0.717) is 18.2 Å². The van der Waals surface area contributed by atoms with Crippen LogP contribution < -0.4 is 5.32 Å². The molecule has 0 spiro atoms. The zero-order valence-corrected chi connectivity index (χ0v) is 10.4. The highest BCUT2D eigenvalue weighted by molar-refractivity contribution is 7.99. The highest BCUT2D eigenvalue weighted by Gasteiger charge is 2.34. The van der Waals surface area contributed by atoms with Crippen LogP contribution >= 0.6 is 11.8 Å². The molecule has 1 aliphatic heterocycles. The first-order chi connectivity index (χ1) is 8.68. The van der Waals surface area contributed by atoms with E-state index in [1.54, 1.807) is 24.5 Å². The lowest BCUT2D eigenvalue weighted by Gasteiger charge is -2.20. The summed E-state index contributed by atoms with van der Waals surface area (Å²) in [5, 5.41) is 11.7. The van der Waals surface area contributed by atoms with Gasteiger partial charge in [0.2, 0.25) is 0 Å². The maximum atomic E-state index is 11.9. The van der Waals surface area contributed by atoms with E-state index in [1.165, 1.54) is 16.7 Å². The molecule has 2 heterocycles. The summed E-state index contributed by atoms with van der Waals surface area (Å²) in [7, 11) is 0. The first kappa shape index (κ1) is 12.7. The molecule has 2 N–H and O–H groups in total. The zero-order chi connectivity index (χ0) is 13.0. The minimum Gasteiger partial charge on any atom is -0.480 e. The van der Waals surface area contributed by atoms with Crippen LogP contribution in [0.5, 0.6) is 0 Å². The second kappa shape index (κ2) is 5.72. The molecule has 0 bridgehead atoms. The van der Waals surface area contributed by atoms with Gasteiger partial charge >= 0.3 is 12.0 Å². The topological polar surface area (TPSA) is 82.5 Å². The molecule has 1 atom stereocenters. The molecule has 96 valence electrons. The molecule has 18 heavy (non-hydrogen) atoms. The van der Waals surface area contributed by atoms with Gasteiger partial charge in [-0.2, -0.15) is 0 Å². The highest BCUT2D eigenvalue weighted by atomic mass is 32.2. The average molecular weight is 267 g/mol. The van der Waals surface area contributed by atoms with Crippen LogP contribution in [0.4, 0.5) is 4.79 Å². The fraction of sp³-hybridized carbons (Fsp3) is 0.364. The van der Waals surface area contributed by atoms with Gasteiger partial charge in [0, 0.05) is 24.7 Å². The molecule has 1 fully saturated rings. The van der Waals surface area contributed by atoms with Crippen LogP contribution in [0.3, 0.4) is 0 Å². The number of thioether (sulfide) groups is 1. The van der Waals surface area contributed by atoms with Crippen LogP contribution in [-0.2, 0) is 11.3 Å². The average Bonchev–Trinajstić information content (AvgIpc) is 2.86. The van der Waals surface area contributed by atoms with Crippen molar-refractivity contribution in [2.75, 3.05) is 11.6 Å². The summed E-state index contributed by atoms with van der Waals surface area (Å²) >= 11 is 1.44. The van der Waals surface area contributed by atoms with Gasteiger partial charge in [-0.3, -0.25) is 4.98 Å². The molecule has 0 aliphatic carbocycles. The van der Waals surface area contributed by atoms with Gasteiger partial charge in [-0.05, 0) is 17.7 Å². The number of nitrogens with zero attached hydrogens (tertiary/aromatic N) is 2. The number of hydrogen-bond donors (Lipinski definition) is 2. The summed E-state index contributed by atoms with van der Waals surface area (Å²) in [4.78, 5) is 28.0. The van der Waals surface area contributed by atoms with E-state index in [2.05, 4.69) is 10.3 Å². The Morgan fingerprint density at radius 1 is 1.50 bits per heavy atom. The van der Waals surface area contributed by atoms with Crippen LogP contribution in [0, 0.1) is 0 Å². The van der Waals surface area contributed by atoms with Crippen LogP contribution in [0.1, 0.15) is 5.56 Å². The van der Waals surface area contributed by atoms with Crippen molar-refractivity contribution in [3.63, 3.8) is 0 Å². The molecule has 7 heteroatoms. The maximum Gasteiger partial charge on any atom is 0.327 e. The zero-order valence-electron chi connectivity index (χ0n) is 9.57. The lowest BCUT2D eigenvalue weighted by atomic mass is 10.3. The maximum absolute atomic E-state index is 11.9. The molecular weight excluding hydrogens is 254 g/mol. The first-order valence-corrected chi connectivity index (χ1v) is 6.58. The molecule has 1 aromatic heterocycles. The van der Waals surface area contributed by atoms with E-state index >= 15 is 0 Å². The summed E-state index contributed by atoms with van der Waals surface area (Å²) in [6.45, 7) is 0.370. The predicted octanol–water partition coefficient (Wildman–Crippen LogP) is 0.751. The molecule has 1 aliphatic rings. The minimum atomic E-state index is -0.959. The predicted molar refractivity (Wildman–Crippen MR) is 67.1 cm³/mol. The molecule has 0 aromatic carbocycles. The van der Waals surface area contributed by atoms with Crippen LogP contribution in [-0.4, -0.2) is 44.7 Å². The van der Waals surface area contributed by atoms with Gasteiger partial charge in [0.05, 0.1) is 5.88 Å². The lowest BCUT2D eigenvalue weighted by molar-refractivity contribution is -0.140. The van der Waals surface area contributed by atoms with Crippen molar-refractivity contribution in [1.29, 1.82) is 0 Å².